The molecular formula is C9H9Cl3O. The first-order valence-corrected chi connectivity index (χ1v) is 4.80. The molecule has 0 N–H and O–H groups in total. The van der Waals surface area contributed by atoms with E-state index in [1.807, 2.05) is 6.92 Å². The lowest BCUT2D eigenvalue weighted by atomic mass is 10.4. The summed E-state index contributed by atoms with van der Waals surface area (Å²) in [6.45, 7) is 1.81. The van der Waals surface area contributed by atoms with Crippen LogP contribution in [0, 0.1) is 0 Å². The van der Waals surface area contributed by atoms with Gasteiger partial charge in [-0.05, 0) is 12.1 Å². The molecule has 0 saturated heterocycles. The van der Waals surface area contributed by atoms with Gasteiger partial charge in [-0.25, -0.2) is 0 Å². The molecule has 0 aliphatic carbocycles. The molecule has 0 atom stereocenters. The van der Waals surface area contributed by atoms with Crippen molar-refractivity contribution in [1.29, 1.82) is 0 Å². The quantitative estimate of drug-likeness (QED) is 0.529. The van der Waals surface area contributed by atoms with Crippen molar-refractivity contribution in [1.82, 2.24) is 0 Å². The van der Waals surface area contributed by atoms with E-state index in [2.05, 4.69) is 0 Å². The van der Waals surface area contributed by atoms with Crippen molar-refractivity contribution >= 4 is 41.1 Å². The molecule has 0 amide bonds. The lowest BCUT2D eigenvalue weighted by molar-refractivity contribution is -0.107. The maximum Gasteiger partial charge on any atom is 0.119 e. The van der Waals surface area contributed by atoms with E-state index in [9.17, 15) is 4.79 Å². The van der Waals surface area contributed by atoms with Crippen LogP contribution < -0.4 is 0 Å². The fraction of sp³-hybridized carbons (Fsp3) is 0.222. The summed E-state index contributed by atoms with van der Waals surface area (Å²) in [5.74, 6) is 0. The molecule has 4 heteroatoms. The number of carbonyl (C=O) groups is 1. The van der Waals surface area contributed by atoms with E-state index in [4.69, 9.17) is 34.8 Å². The minimum Gasteiger partial charge on any atom is -0.303 e. The van der Waals surface area contributed by atoms with Crippen molar-refractivity contribution in [3.8, 4) is 0 Å². The molecule has 1 aromatic rings. The zero-order chi connectivity index (χ0) is 10.3. The van der Waals surface area contributed by atoms with Crippen molar-refractivity contribution in [2.75, 3.05) is 0 Å². The van der Waals surface area contributed by atoms with Crippen LogP contribution >= 0.6 is 34.8 Å². The van der Waals surface area contributed by atoms with Crippen LogP contribution in [0.2, 0.25) is 15.1 Å². The van der Waals surface area contributed by atoms with Gasteiger partial charge in [-0.3, -0.25) is 0 Å². The van der Waals surface area contributed by atoms with E-state index in [1.165, 1.54) is 0 Å². The number of carbonyl (C=O) groups excluding carboxylic acids is 1. The van der Waals surface area contributed by atoms with Gasteiger partial charge in [0.2, 0.25) is 0 Å². The molecule has 0 radical (unpaired) electrons. The van der Waals surface area contributed by atoms with E-state index < -0.39 is 0 Å². The lowest BCUT2D eigenvalue weighted by Gasteiger charge is -1.94. The van der Waals surface area contributed by atoms with Crippen LogP contribution in [-0.4, -0.2) is 6.29 Å². The van der Waals surface area contributed by atoms with Gasteiger partial charge in [-0.15, -0.1) is 0 Å². The zero-order valence-electron chi connectivity index (χ0n) is 7.06. The maximum absolute atomic E-state index is 9.17. The van der Waals surface area contributed by atoms with Crippen LogP contribution in [0.3, 0.4) is 0 Å². The molecule has 72 valence electrons. The highest BCUT2D eigenvalue weighted by atomic mass is 35.5. The monoisotopic (exact) mass is 238 g/mol. The fourth-order valence-electron chi connectivity index (χ4n) is 0.477. The number of hydrogen-bond donors (Lipinski definition) is 0. The highest BCUT2D eigenvalue weighted by Crippen LogP contribution is 2.28. The van der Waals surface area contributed by atoms with E-state index in [0.717, 1.165) is 6.29 Å². The second-order valence-corrected chi connectivity index (χ2v) is 3.30. The Kier molecular flexibility index (Phi) is 7.06. The number of rotatable bonds is 1. The summed E-state index contributed by atoms with van der Waals surface area (Å²) < 4.78 is 0. The highest BCUT2D eigenvalue weighted by Gasteiger charge is 1.98. The Morgan fingerprint density at radius 3 is 1.85 bits per heavy atom. The number of aldehydes is 1. The first-order chi connectivity index (χ1) is 6.13. The van der Waals surface area contributed by atoms with Gasteiger partial charge in [0.1, 0.15) is 6.29 Å². The molecule has 0 heterocycles. The summed E-state index contributed by atoms with van der Waals surface area (Å²) in [6, 6.07) is 5.13. The standard InChI is InChI=1S/C6H3Cl3.C3H6O/c7-4-2-1-3-5(8)6(4)9;1-2-3-4/h1-3H;3H,2H2,1H3. The van der Waals surface area contributed by atoms with Gasteiger partial charge in [-0.2, -0.15) is 0 Å². The van der Waals surface area contributed by atoms with Crippen molar-refractivity contribution in [2.45, 2.75) is 13.3 Å². The molecule has 1 aromatic carbocycles. The Labute approximate surface area is 92.6 Å². The predicted molar refractivity (Wildman–Crippen MR) is 57.8 cm³/mol. The molecule has 1 rings (SSSR count). The molecule has 0 aromatic heterocycles. The van der Waals surface area contributed by atoms with Gasteiger partial charge in [0, 0.05) is 6.42 Å². The van der Waals surface area contributed by atoms with Crippen LogP contribution in [0.1, 0.15) is 13.3 Å². The Bertz CT molecular complexity index is 253. The number of hydrogen-bond acceptors (Lipinski definition) is 1. The van der Waals surface area contributed by atoms with Gasteiger partial charge >= 0.3 is 0 Å². The largest absolute Gasteiger partial charge is 0.303 e. The Hall–Kier alpha value is -0.240. The third kappa shape index (κ3) is 5.14. The fourth-order valence-corrected chi connectivity index (χ4v) is 1.00. The summed E-state index contributed by atoms with van der Waals surface area (Å²) in [4.78, 5) is 9.17. The molecule has 0 unspecified atom stereocenters. The number of benzene rings is 1. The molecule has 0 spiro atoms. The molecule has 0 fully saturated rings. The average molecular weight is 240 g/mol. The molecule has 13 heavy (non-hydrogen) atoms. The van der Waals surface area contributed by atoms with Crippen LogP contribution in [0.5, 0.6) is 0 Å². The second kappa shape index (κ2) is 7.19. The zero-order valence-corrected chi connectivity index (χ0v) is 9.33. The summed E-state index contributed by atoms with van der Waals surface area (Å²) in [7, 11) is 0. The van der Waals surface area contributed by atoms with Crippen molar-refractivity contribution in [2.24, 2.45) is 0 Å². The molecule has 1 nitrogen and oxygen atoms in total. The lowest BCUT2D eigenvalue weighted by Crippen LogP contribution is -1.67. The molecule has 0 bridgehead atoms. The van der Waals surface area contributed by atoms with E-state index >= 15 is 0 Å². The summed E-state index contributed by atoms with van der Waals surface area (Å²) in [6.07, 6.45) is 1.51. The molecule has 0 saturated carbocycles. The minimum absolute atomic E-state index is 0.417. The first kappa shape index (κ1) is 12.8. The highest BCUT2D eigenvalue weighted by molar-refractivity contribution is 6.47. The Balaban J connectivity index is 0.000000310. The summed E-state index contributed by atoms with van der Waals surface area (Å²) in [5, 5.41) is 1.40. The normalized spacial score (nSPS) is 8.62. The van der Waals surface area contributed by atoms with Crippen LogP contribution in [0.15, 0.2) is 18.2 Å². The summed E-state index contributed by atoms with van der Waals surface area (Å²) in [5.41, 5.74) is 0. The Morgan fingerprint density at radius 1 is 1.23 bits per heavy atom. The maximum atomic E-state index is 9.17. The van der Waals surface area contributed by atoms with Crippen LogP contribution in [-0.2, 0) is 4.79 Å². The van der Waals surface area contributed by atoms with Gasteiger partial charge in [0.15, 0.2) is 0 Å². The van der Waals surface area contributed by atoms with Crippen molar-refractivity contribution < 1.29 is 4.79 Å². The van der Waals surface area contributed by atoms with E-state index in [0.29, 0.717) is 21.5 Å². The van der Waals surface area contributed by atoms with Crippen molar-refractivity contribution in [3.63, 3.8) is 0 Å². The second-order valence-electron chi connectivity index (χ2n) is 2.11. The average Bonchev–Trinajstić information content (AvgIpc) is 2.14. The third-order valence-corrected chi connectivity index (χ3v) is 2.30. The van der Waals surface area contributed by atoms with Gasteiger partial charge in [0.25, 0.3) is 0 Å². The van der Waals surface area contributed by atoms with Crippen LogP contribution in [0.4, 0.5) is 0 Å². The van der Waals surface area contributed by atoms with Gasteiger partial charge in [-0.1, -0.05) is 47.8 Å². The Morgan fingerprint density at radius 2 is 1.62 bits per heavy atom. The molecule has 0 aliphatic heterocycles. The van der Waals surface area contributed by atoms with Crippen LogP contribution in [0.25, 0.3) is 0 Å². The SMILES string of the molecule is CCC=O.Clc1cccc(Cl)c1Cl. The van der Waals surface area contributed by atoms with E-state index in [1.54, 1.807) is 18.2 Å². The smallest absolute Gasteiger partial charge is 0.119 e. The summed E-state index contributed by atoms with van der Waals surface area (Å²) >= 11 is 16.8. The molecular weight excluding hydrogens is 230 g/mol. The minimum atomic E-state index is 0.417. The van der Waals surface area contributed by atoms with E-state index in [-0.39, 0.29) is 0 Å². The topological polar surface area (TPSA) is 17.1 Å². The predicted octanol–water partition coefficient (Wildman–Crippen LogP) is 4.24. The molecule has 0 aliphatic rings. The van der Waals surface area contributed by atoms with Gasteiger partial charge < -0.3 is 4.79 Å². The third-order valence-electron chi connectivity index (χ3n) is 1.07. The number of halogens is 3. The van der Waals surface area contributed by atoms with Crippen molar-refractivity contribution in [3.05, 3.63) is 33.3 Å². The van der Waals surface area contributed by atoms with Gasteiger partial charge in [0.05, 0.1) is 15.1 Å². The first-order valence-electron chi connectivity index (χ1n) is 3.66.